The van der Waals surface area contributed by atoms with Gasteiger partial charge in [-0.1, -0.05) is 25.5 Å². The molecule has 5 heteroatoms. The molecule has 0 amide bonds. The molecule has 2 rings (SSSR count). The maximum absolute atomic E-state index is 5.96. The number of hydrogen-bond donors (Lipinski definition) is 2. The molecule has 0 unspecified atom stereocenters. The highest BCUT2D eigenvalue weighted by atomic mass is 32.1. The summed E-state index contributed by atoms with van der Waals surface area (Å²) in [7, 11) is 0. The minimum absolute atomic E-state index is 0.603. The molecule has 0 saturated carbocycles. The molecule has 0 aliphatic rings. The Morgan fingerprint density at radius 2 is 1.71 bits per heavy atom. The molecule has 0 aromatic heterocycles. The lowest BCUT2D eigenvalue weighted by molar-refractivity contribution is 0.339. The zero-order valence-corrected chi connectivity index (χ0v) is 15.0. The fraction of sp³-hybridized carbons (Fsp3) is 0.316. The summed E-state index contributed by atoms with van der Waals surface area (Å²) in [6.07, 6.45) is 2.22. The minimum atomic E-state index is 0.603. The average molecular weight is 344 g/mol. The van der Waals surface area contributed by atoms with Crippen LogP contribution in [0.25, 0.3) is 0 Å². The molecule has 4 nitrogen and oxygen atoms in total. The molecule has 24 heavy (non-hydrogen) atoms. The summed E-state index contributed by atoms with van der Waals surface area (Å²) in [4.78, 5) is 0. The lowest BCUT2D eigenvalue weighted by Gasteiger charge is -2.14. The number of hydrogen-bond acceptors (Lipinski definition) is 3. The van der Waals surface area contributed by atoms with E-state index >= 15 is 0 Å². The molecule has 0 aliphatic heterocycles. The van der Waals surface area contributed by atoms with Crippen LogP contribution in [-0.4, -0.2) is 18.3 Å². The van der Waals surface area contributed by atoms with Crippen molar-refractivity contribution < 1.29 is 9.47 Å². The van der Waals surface area contributed by atoms with E-state index in [4.69, 9.17) is 21.7 Å². The zero-order chi connectivity index (χ0) is 17.2. The normalized spacial score (nSPS) is 10.1. The van der Waals surface area contributed by atoms with E-state index in [0.29, 0.717) is 11.7 Å². The fourth-order valence-electron chi connectivity index (χ4n) is 2.10. The fourth-order valence-corrected chi connectivity index (χ4v) is 2.31. The van der Waals surface area contributed by atoms with Gasteiger partial charge in [-0.2, -0.15) is 0 Å². The van der Waals surface area contributed by atoms with E-state index in [1.54, 1.807) is 0 Å². The van der Waals surface area contributed by atoms with Gasteiger partial charge in [0, 0.05) is 6.54 Å². The highest BCUT2D eigenvalue weighted by Crippen LogP contribution is 2.30. The van der Waals surface area contributed by atoms with Gasteiger partial charge in [0.15, 0.2) is 10.9 Å². The van der Waals surface area contributed by atoms with Crippen molar-refractivity contribution >= 4 is 23.0 Å². The Balaban J connectivity index is 2.01. The van der Waals surface area contributed by atoms with Crippen LogP contribution in [0.1, 0.15) is 26.7 Å². The number of ether oxygens (including phenoxy) is 2. The van der Waals surface area contributed by atoms with Crippen LogP contribution in [0.3, 0.4) is 0 Å². The third-order valence-corrected chi connectivity index (χ3v) is 3.56. The number of nitrogens with one attached hydrogen (secondary N) is 2. The predicted octanol–water partition coefficient (Wildman–Crippen LogP) is 4.96. The van der Waals surface area contributed by atoms with Crippen LogP contribution in [0.4, 0.5) is 5.69 Å². The lowest BCUT2D eigenvalue weighted by atomic mass is 10.3. The van der Waals surface area contributed by atoms with E-state index in [9.17, 15) is 0 Å². The molecular weight excluding hydrogens is 320 g/mol. The first-order valence-electron chi connectivity index (χ1n) is 8.27. The number of unbranched alkanes of at least 4 members (excludes halogenated alkanes) is 1. The van der Waals surface area contributed by atoms with Crippen molar-refractivity contribution in [3.8, 4) is 17.2 Å². The molecule has 2 aromatic carbocycles. The third kappa shape index (κ3) is 5.74. The summed E-state index contributed by atoms with van der Waals surface area (Å²) in [5.74, 6) is 2.30. The molecule has 2 N–H and O–H groups in total. The molecule has 0 fully saturated rings. The first kappa shape index (κ1) is 18.1. The van der Waals surface area contributed by atoms with Gasteiger partial charge < -0.3 is 20.1 Å². The quantitative estimate of drug-likeness (QED) is 0.523. The smallest absolute Gasteiger partial charge is 0.170 e. The van der Waals surface area contributed by atoms with Crippen molar-refractivity contribution in [2.75, 3.05) is 18.5 Å². The van der Waals surface area contributed by atoms with Gasteiger partial charge in [-0.25, -0.2) is 0 Å². The van der Waals surface area contributed by atoms with Crippen molar-refractivity contribution in [2.45, 2.75) is 26.7 Å². The van der Waals surface area contributed by atoms with E-state index in [-0.39, 0.29) is 0 Å². The highest BCUT2D eigenvalue weighted by Gasteiger charge is 2.06. The zero-order valence-electron chi connectivity index (χ0n) is 14.2. The topological polar surface area (TPSA) is 42.5 Å². The average Bonchev–Trinajstić information content (AvgIpc) is 2.59. The molecule has 0 saturated heterocycles. The second-order valence-corrected chi connectivity index (χ2v) is 5.65. The maximum Gasteiger partial charge on any atom is 0.170 e. The number of anilines is 1. The van der Waals surface area contributed by atoms with Crippen molar-refractivity contribution in [1.82, 2.24) is 5.32 Å². The molecule has 0 atom stereocenters. The number of thiocarbonyl (C=S) groups is 1. The lowest BCUT2D eigenvalue weighted by Crippen LogP contribution is -2.29. The van der Waals surface area contributed by atoms with E-state index in [2.05, 4.69) is 17.6 Å². The Morgan fingerprint density at radius 1 is 1.00 bits per heavy atom. The predicted molar refractivity (Wildman–Crippen MR) is 103 cm³/mol. The monoisotopic (exact) mass is 344 g/mol. The third-order valence-electron chi connectivity index (χ3n) is 3.31. The Bertz CT molecular complexity index is 644. The van der Waals surface area contributed by atoms with Gasteiger partial charge >= 0.3 is 0 Å². The maximum atomic E-state index is 5.96. The summed E-state index contributed by atoms with van der Waals surface area (Å²) in [5.41, 5.74) is 0.834. The summed E-state index contributed by atoms with van der Waals surface area (Å²) in [6, 6.07) is 15.3. The first-order valence-corrected chi connectivity index (χ1v) is 8.68. The summed E-state index contributed by atoms with van der Waals surface area (Å²) < 4.78 is 11.4. The van der Waals surface area contributed by atoms with E-state index < -0.39 is 0 Å². The SMILES string of the molecule is CCCCNC(=S)Nc1ccccc1Oc1ccc(OCC)cc1. The van der Waals surface area contributed by atoms with Crippen LogP contribution in [0, 0.1) is 0 Å². The van der Waals surface area contributed by atoms with Gasteiger partial charge in [0.2, 0.25) is 0 Å². The van der Waals surface area contributed by atoms with Crippen molar-refractivity contribution in [2.24, 2.45) is 0 Å². The number of benzene rings is 2. The minimum Gasteiger partial charge on any atom is -0.494 e. The summed E-state index contributed by atoms with van der Waals surface area (Å²) >= 11 is 5.33. The number of rotatable bonds is 8. The summed E-state index contributed by atoms with van der Waals surface area (Å²) in [5, 5.41) is 6.99. The Morgan fingerprint density at radius 3 is 2.42 bits per heavy atom. The largest absolute Gasteiger partial charge is 0.494 e. The molecule has 0 heterocycles. The Labute approximate surface area is 149 Å². The van der Waals surface area contributed by atoms with Crippen LogP contribution in [-0.2, 0) is 0 Å². The van der Waals surface area contributed by atoms with Crippen LogP contribution >= 0.6 is 12.2 Å². The van der Waals surface area contributed by atoms with Crippen LogP contribution in [0.2, 0.25) is 0 Å². The van der Waals surface area contributed by atoms with E-state index in [1.165, 1.54) is 0 Å². The van der Waals surface area contributed by atoms with Gasteiger partial charge in [0.05, 0.1) is 12.3 Å². The van der Waals surface area contributed by atoms with Crippen molar-refractivity contribution in [3.63, 3.8) is 0 Å². The molecule has 0 bridgehead atoms. The summed E-state index contributed by atoms with van der Waals surface area (Å²) in [6.45, 7) is 5.63. The molecule has 2 aromatic rings. The molecule has 0 spiro atoms. The van der Waals surface area contributed by atoms with Gasteiger partial charge in [0.1, 0.15) is 11.5 Å². The van der Waals surface area contributed by atoms with Crippen LogP contribution in [0.15, 0.2) is 48.5 Å². The first-order chi connectivity index (χ1) is 11.7. The Kier molecular flexibility index (Phi) is 7.36. The number of para-hydroxylation sites is 2. The van der Waals surface area contributed by atoms with Gasteiger partial charge in [-0.05, 0) is 62.0 Å². The molecule has 0 radical (unpaired) electrons. The van der Waals surface area contributed by atoms with Crippen LogP contribution in [0.5, 0.6) is 17.2 Å². The second kappa shape index (κ2) is 9.78. The molecule has 0 aliphatic carbocycles. The van der Waals surface area contributed by atoms with Crippen LogP contribution < -0.4 is 20.1 Å². The van der Waals surface area contributed by atoms with Gasteiger partial charge in [-0.15, -0.1) is 0 Å². The molecular formula is C19H24N2O2S. The standard InChI is InChI=1S/C19H24N2O2S/c1-3-5-14-20-19(24)21-17-8-6-7-9-18(17)23-16-12-10-15(11-13-16)22-4-2/h6-13H,3-5,14H2,1-2H3,(H2,20,21,24). The van der Waals surface area contributed by atoms with E-state index in [0.717, 1.165) is 42.3 Å². The highest BCUT2D eigenvalue weighted by molar-refractivity contribution is 7.80. The van der Waals surface area contributed by atoms with E-state index in [1.807, 2.05) is 55.5 Å². The van der Waals surface area contributed by atoms with Gasteiger partial charge in [-0.3, -0.25) is 0 Å². The second-order valence-electron chi connectivity index (χ2n) is 5.24. The molecule has 128 valence electrons. The van der Waals surface area contributed by atoms with Crippen molar-refractivity contribution in [1.29, 1.82) is 0 Å². The Hall–Kier alpha value is -2.27. The van der Waals surface area contributed by atoms with Crippen molar-refractivity contribution in [3.05, 3.63) is 48.5 Å². The van der Waals surface area contributed by atoms with Gasteiger partial charge in [0.25, 0.3) is 0 Å².